The molecule has 1 aromatic heterocycles. The van der Waals surface area contributed by atoms with Gasteiger partial charge >= 0.3 is 0 Å². The van der Waals surface area contributed by atoms with Gasteiger partial charge < -0.3 is 10.2 Å². The fraction of sp³-hybridized carbons (Fsp3) is 0.444. The van der Waals surface area contributed by atoms with Crippen LogP contribution in [0, 0.1) is 6.92 Å². The van der Waals surface area contributed by atoms with Crippen LogP contribution in [0.4, 0.5) is 0 Å². The third kappa shape index (κ3) is 3.19. The van der Waals surface area contributed by atoms with Crippen molar-refractivity contribution in [3.8, 4) is 0 Å². The second-order valence-corrected chi connectivity index (χ2v) is 6.43. The molecule has 2 aromatic rings. The predicted molar refractivity (Wildman–Crippen MR) is 94.5 cm³/mol. The Bertz CT molecular complexity index is 736. The molecule has 1 saturated carbocycles. The molecule has 0 unspecified atom stereocenters. The van der Waals surface area contributed by atoms with Gasteiger partial charge in [-0.2, -0.15) is 0 Å². The monoisotopic (exact) mass is 331 g/mol. The van der Waals surface area contributed by atoms with Gasteiger partial charge in [0.05, 0.1) is 11.1 Å². The maximum atomic E-state index is 13.0. The summed E-state index contributed by atoms with van der Waals surface area (Å²) in [6.45, 7) is 5.39. The van der Waals surface area contributed by atoms with Gasteiger partial charge in [0.25, 0.3) is 5.91 Å². The number of fused-ring (bicyclic) bond motifs is 1. The molecular weight excluding hydrogens is 310 g/mol. The summed E-state index contributed by atoms with van der Waals surface area (Å²) in [6, 6.07) is 8.26. The number of rotatable bonds is 2. The normalized spacial score (nSPS) is 17.9. The number of halogens is 1. The van der Waals surface area contributed by atoms with E-state index in [1.807, 2.05) is 17.0 Å². The van der Waals surface area contributed by atoms with Gasteiger partial charge in [-0.15, -0.1) is 12.4 Å². The molecule has 0 bridgehead atoms. The number of carbonyl (C=O) groups excluding carboxylic acids is 1. The van der Waals surface area contributed by atoms with E-state index in [1.54, 1.807) is 0 Å². The van der Waals surface area contributed by atoms with Gasteiger partial charge in [0.2, 0.25) is 0 Å². The molecule has 4 rings (SSSR count). The molecule has 1 aromatic carbocycles. The number of carbonyl (C=O) groups is 1. The molecule has 2 heterocycles. The van der Waals surface area contributed by atoms with E-state index < -0.39 is 0 Å². The van der Waals surface area contributed by atoms with Crippen molar-refractivity contribution >= 4 is 29.2 Å². The zero-order valence-electron chi connectivity index (χ0n) is 13.3. The fourth-order valence-corrected chi connectivity index (χ4v) is 3.16. The van der Waals surface area contributed by atoms with E-state index >= 15 is 0 Å². The van der Waals surface area contributed by atoms with Crippen LogP contribution in [-0.2, 0) is 0 Å². The molecule has 1 aliphatic heterocycles. The first-order valence-corrected chi connectivity index (χ1v) is 8.14. The summed E-state index contributed by atoms with van der Waals surface area (Å²) in [7, 11) is 0. The van der Waals surface area contributed by atoms with Crippen LogP contribution in [0.25, 0.3) is 10.9 Å². The molecule has 1 aliphatic carbocycles. The van der Waals surface area contributed by atoms with E-state index in [0.29, 0.717) is 5.92 Å². The van der Waals surface area contributed by atoms with Gasteiger partial charge in [0.15, 0.2) is 0 Å². The van der Waals surface area contributed by atoms with Crippen LogP contribution in [0.3, 0.4) is 0 Å². The summed E-state index contributed by atoms with van der Waals surface area (Å²) in [5.74, 6) is 0.710. The number of amides is 1. The first-order chi connectivity index (χ1) is 10.7. The van der Waals surface area contributed by atoms with Crippen molar-refractivity contribution in [2.24, 2.45) is 0 Å². The first kappa shape index (κ1) is 16.2. The average Bonchev–Trinajstić information content (AvgIpc) is 3.39. The second-order valence-electron chi connectivity index (χ2n) is 6.43. The van der Waals surface area contributed by atoms with Crippen molar-refractivity contribution < 1.29 is 4.79 Å². The third-order valence-electron chi connectivity index (χ3n) is 4.61. The molecule has 0 spiro atoms. The maximum absolute atomic E-state index is 13.0. The van der Waals surface area contributed by atoms with Crippen LogP contribution >= 0.6 is 12.4 Å². The van der Waals surface area contributed by atoms with Crippen LogP contribution in [0.15, 0.2) is 24.3 Å². The molecule has 0 atom stereocenters. The van der Waals surface area contributed by atoms with Crippen molar-refractivity contribution in [3.05, 3.63) is 41.1 Å². The van der Waals surface area contributed by atoms with E-state index in [0.717, 1.165) is 48.3 Å². The number of benzene rings is 1. The predicted octanol–water partition coefficient (Wildman–Crippen LogP) is 2.89. The minimum absolute atomic E-state index is 0. The second kappa shape index (κ2) is 6.46. The fourth-order valence-electron chi connectivity index (χ4n) is 3.16. The quantitative estimate of drug-likeness (QED) is 0.920. The Hall–Kier alpha value is -1.65. The molecule has 1 saturated heterocycles. The smallest absolute Gasteiger partial charge is 0.254 e. The Morgan fingerprint density at radius 1 is 1.22 bits per heavy atom. The number of nitrogens with one attached hydrogen (secondary N) is 1. The lowest BCUT2D eigenvalue weighted by atomic mass is 10.0. The number of hydrogen-bond donors (Lipinski definition) is 1. The summed E-state index contributed by atoms with van der Waals surface area (Å²) < 4.78 is 0. The number of aromatic nitrogens is 1. The Morgan fingerprint density at radius 2 is 1.96 bits per heavy atom. The molecule has 2 aliphatic rings. The number of hydrogen-bond acceptors (Lipinski definition) is 3. The van der Waals surface area contributed by atoms with Crippen molar-refractivity contribution in [1.29, 1.82) is 0 Å². The molecule has 1 amide bonds. The highest BCUT2D eigenvalue weighted by molar-refractivity contribution is 6.06. The lowest BCUT2D eigenvalue weighted by molar-refractivity contribution is 0.0737. The number of aryl methyl sites for hydroxylation is 1. The Balaban J connectivity index is 0.00000156. The highest BCUT2D eigenvalue weighted by Crippen LogP contribution is 2.40. The summed E-state index contributed by atoms with van der Waals surface area (Å²) in [5, 5.41) is 4.29. The molecule has 122 valence electrons. The SMILES string of the molecule is Cc1ccc2nc(C3CC3)cc(C(=O)N3CCNCC3)c2c1.Cl. The maximum Gasteiger partial charge on any atom is 0.254 e. The van der Waals surface area contributed by atoms with Crippen molar-refractivity contribution in [2.75, 3.05) is 26.2 Å². The van der Waals surface area contributed by atoms with Crippen LogP contribution in [0.5, 0.6) is 0 Å². The topological polar surface area (TPSA) is 45.2 Å². The Kier molecular flexibility index (Phi) is 4.55. The molecule has 5 heteroatoms. The lowest BCUT2D eigenvalue weighted by Gasteiger charge is -2.28. The Morgan fingerprint density at radius 3 is 2.65 bits per heavy atom. The van der Waals surface area contributed by atoms with Crippen molar-refractivity contribution in [1.82, 2.24) is 15.2 Å². The lowest BCUT2D eigenvalue weighted by Crippen LogP contribution is -2.46. The highest BCUT2D eigenvalue weighted by Gasteiger charge is 2.28. The van der Waals surface area contributed by atoms with Gasteiger partial charge in [0, 0.05) is 43.2 Å². The van der Waals surface area contributed by atoms with E-state index in [1.165, 1.54) is 18.4 Å². The summed E-state index contributed by atoms with van der Waals surface area (Å²) in [4.78, 5) is 19.7. The zero-order valence-corrected chi connectivity index (χ0v) is 14.2. The molecule has 23 heavy (non-hydrogen) atoms. The van der Waals surface area contributed by atoms with Gasteiger partial charge in [-0.05, 0) is 38.0 Å². The Labute approximate surface area is 142 Å². The number of piperazine rings is 1. The van der Waals surface area contributed by atoms with E-state index in [2.05, 4.69) is 24.4 Å². The average molecular weight is 332 g/mol. The van der Waals surface area contributed by atoms with Crippen LogP contribution in [0.1, 0.15) is 40.4 Å². The molecule has 1 N–H and O–H groups in total. The van der Waals surface area contributed by atoms with Crippen LogP contribution < -0.4 is 5.32 Å². The molecule has 0 radical (unpaired) electrons. The van der Waals surface area contributed by atoms with E-state index in [4.69, 9.17) is 4.98 Å². The summed E-state index contributed by atoms with van der Waals surface area (Å²) >= 11 is 0. The summed E-state index contributed by atoms with van der Waals surface area (Å²) in [6.07, 6.45) is 2.40. The molecule has 2 fully saturated rings. The number of pyridine rings is 1. The van der Waals surface area contributed by atoms with Gasteiger partial charge in [-0.1, -0.05) is 11.6 Å². The van der Waals surface area contributed by atoms with Crippen LogP contribution in [0.2, 0.25) is 0 Å². The van der Waals surface area contributed by atoms with Crippen molar-refractivity contribution in [2.45, 2.75) is 25.7 Å². The van der Waals surface area contributed by atoms with Gasteiger partial charge in [-0.3, -0.25) is 9.78 Å². The van der Waals surface area contributed by atoms with E-state index in [-0.39, 0.29) is 18.3 Å². The highest BCUT2D eigenvalue weighted by atomic mass is 35.5. The van der Waals surface area contributed by atoms with Gasteiger partial charge in [-0.25, -0.2) is 0 Å². The van der Waals surface area contributed by atoms with E-state index in [9.17, 15) is 4.79 Å². The molecular formula is C18H22ClN3O. The summed E-state index contributed by atoms with van der Waals surface area (Å²) in [5.41, 5.74) is 4.05. The van der Waals surface area contributed by atoms with Gasteiger partial charge in [0.1, 0.15) is 0 Å². The van der Waals surface area contributed by atoms with Crippen molar-refractivity contribution in [3.63, 3.8) is 0 Å². The number of nitrogens with zero attached hydrogens (tertiary/aromatic N) is 2. The third-order valence-corrected chi connectivity index (χ3v) is 4.61. The first-order valence-electron chi connectivity index (χ1n) is 8.14. The molecule has 4 nitrogen and oxygen atoms in total. The standard InChI is InChI=1S/C18H21N3O.ClH/c1-12-2-5-16-14(10-12)15(11-17(20-16)13-3-4-13)18(22)21-8-6-19-7-9-21;/h2,5,10-11,13,19H,3-4,6-9H2,1H3;1H. The minimum Gasteiger partial charge on any atom is -0.336 e. The zero-order chi connectivity index (χ0) is 15.1. The largest absolute Gasteiger partial charge is 0.336 e. The minimum atomic E-state index is 0. The van der Waals surface area contributed by atoms with Crippen LogP contribution in [-0.4, -0.2) is 42.0 Å².